The molecule has 0 radical (unpaired) electrons. The molecule has 15 heavy (non-hydrogen) atoms. The van der Waals surface area contributed by atoms with Crippen molar-refractivity contribution in [2.75, 3.05) is 33.2 Å². The van der Waals surface area contributed by atoms with E-state index in [9.17, 15) is 4.79 Å². The summed E-state index contributed by atoms with van der Waals surface area (Å²) in [6.45, 7) is 6.26. The van der Waals surface area contributed by atoms with Crippen LogP contribution in [0.5, 0.6) is 0 Å². The molecule has 0 aromatic rings. The van der Waals surface area contributed by atoms with E-state index in [2.05, 4.69) is 15.5 Å². The van der Waals surface area contributed by atoms with Crippen molar-refractivity contribution >= 4 is 5.91 Å². The van der Waals surface area contributed by atoms with E-state index in [1.165, 1.54) is 25.9 Å². The smallest absolute Gasteiger partial charge is 0.236 e. The molecule has 0 aromatic heterocycles. The Morgan fingerprint density at radius 1 is 1.40 bits per heavy atom. The van der Waals surface area contributed by atoms with Gasteiger partial charge in [0.2, 0.25) is 5.91 Å². The Labute approximate surface area is 92.4 Å². The topological polar surface area (TPSA) is 44.4 Å². The largest absolute Gasteiger partial charge is 0.355 e. The summed E-state index contributed by atoms with van der Waals surface area (Å²) in [5.74, 6) is 0.0962. The van der Waals surface area contributed by atoms with Crippen LogP contribution in [0.4, 0.5) is 0 Å². The van der Waals surface area contributed by atoms with Crippen molar-refractivity contribution in [1.82, 2.24) is 15.5 Å². The highest BCUT2D eigenvalue weighted by Gasteiger charge is 2.11. The summed E-state index contributed by atoms with van der Waals surface area (Å²) < 4.78 is 0. The Bertz CT molecular complexity index is 190. The van der Waals surface area contributed by atoms with E-state index in [-0.39, 0.29) is 11.9 Å². The van der Waals surface area contributed by atoms with Gasteiger partial charge in [-0.3, -0.25) is 4.79 Å². The van der Waals surface area contributed by atoms with E-state index in [4.69, 9.17) is 0 Å². The van der Waals surface area contributed by atoms with Crippen LogP contribution in [0.25, 0.3) is 0 Å². The maximum absolute atomic E-state index is 11.4. The summed E-state index contributed by atoms with van der Waals surface area (Å²) in [6, 6.07) is -0.0863. The quantitative estimate of drug-likeness (QED) is 0.619. The van der Waals surface area contributed by atoms with Crippen LogP contribution in [0.2, 0.25) is 0 Å². The molecule has 0 aromatic carbocycles. The van der Waals surface area contributed by atoms with Crippen LogP contribution < -0.4 is 10.6 Å². The molecular formula is C11H23N3O. The fourth-order valence-electron chi connectivity index (χ4n) is 1.80. The maximum Gasteiger partial charge on any atom is 0.236 e. The van der Waals surface area contributed by atoms with Gasteiger partial charge in [-0.25, -0.2) is 0 Å². The number of hydrogen-bond donors (Lipinski definition) is 2. The number of hydrogen-bond acceptors (Lipinski definition) is 3. The van der Waals surface area contributed by atoms with Crippen molar-refractivity contribution in [1.29, 1.82) is 0 Å². The molecule has 1 rings (SSSR count). The van der Waals surface area contributed by atoms with Crippen molar-refractivity contribution in [3.05, 3.63) is 0 Å². The van der Waals surface area contributed by atoms with Gasteiger partial charge in [0.1, 0.15) is 0 Å². The molecule has 4 heteroatoms. The lowest BCUT2D eigenvalue weighted by atomic mass is 10.3. The van der Waals surface area contributed by atoms with Gasteiger partial charge in [0.25, 0.3) is 0 Å². The lowest BCUT2D eigenvalue weighted by Crippen LogP contribution is -2.41. The molecule has 1 aliphatic rings. The second-order valence-corrected chi connectivity index (χ2v) is 4.20. The number of likely N-dealkylation sites (N-methyl/N-ethyl adjacent to an activating group) is 1. The lowest BCUT2D eigenvalue weighted by molar-refractivity contribution is -0.122. The predicted molar refractivity (Wildman–Crippen MR) is 61.8 cm³/mol. The molecule has 0 saturated carbocycles. The first kappa shape index (κ1) is 12.5. The highest BCUT2D eigenvalue weighted by Crippen LogP contribution is 2.06. The predicted octanol–water partition coefficient (Wildman–Crippen LogP) is 0.196. The summed E-state index contributed by atoms with van der Waals surface area (Å²) in [5.41, 5.74) is 0. The van der Waals surface area contributed by atoms with Crippen LogP contribution in [-0.4, -0.2) is 50.1 Å². The number of carbonyl (C=O) groups excluding carboxylic acids is 1. The average molecular weight is 213 g/mol. The van der Waals surface area contributed by atoms with Crippen molar-refractivity contribution in [2.45, 2.75) is 32.2 Å². The molecule has 1 amide bonds. The Kier molecular flexibility index (Phi) is 5.65. The van der Waals surface area contributed by atoms with E-state index in [0.717, 1.165) is 19.5 Å². The molecule has 0 spiro atoms. The van der Waals surface area contributed by atoms with E-state index >= 15 is 0 Å². The summed E-state index contributed by atoms with van der Waals surface area (Å²) in [6.07, 6.45) is 3.73. The first-order valence-electron chi connectivity index (χ1n) is 5.91. The molecule has 1 aliphatic heterocycles. The van der Waals surface area contributed by atoms with Crippen LogP contribution in [0.15, 0.2) is 0 Å². The summed E-state index contributed by atoms with van der Waals surface area (Å²) >= 11 is 0. The van der Waals surface area contributed by atoms with Crippen LogP contribution in [-0.2, 0) is 4.79 Å². The van der Waals surface area contributed by atoms with E-state index < -0.39 is 0 Å². The molecule has 1 fully saturated rings. The number of nitrogens with one attached hydrogen (secondary N) is 2. The standard InChI is InChI=1S/C11H23N3O/c1-10(12-2)11(15)13-6-5-9-14-7-3-4-8-14/h10,12H,3-9H2,1-2H3,(H,13,15). The second-order valence-electron chi connectivity index (χ2n) is 4.20. The fourth-order valence-corrected chi connectivity index (χ4v) is 1.80. The molecule has 1 heterocycles. The van der Waals surface area contributed by atoms with Gasteiger partial charge in [0, 0.05) is 6.54 Å². The third-order valence-corrected chi connectivity index (χ3v) is 2.98. The maximum atomic E-state index is 11.4. The first-order valence-corrected chi connectivity index (χ1v) is 5.91. The van der Waals surface area contributed by atoms with Gasteiger partial charge in [0.15, 0.2) is 0 Å². The minimum absolute atomic E-state index is 0.0863. The highest BCUT2D eigenvalue weighted by molar-refractivity contribution is 5.81. The highest BCUT2D eigenvalue weighted by atomic mass is 16.2. The number of nitrogens with zero attached hydrogens (tertiary/aromatic N) is 1. The monoisotopic (exact) mass is 213 g/mol. The Morgan fingerprint density at radius 3 is 2.67 bits per heavy atom. The van der Waals surface area contributed by atoms with Crippen molar-refractivity contribution in [3.8, 4) is 0 Å². The third kappa shape index (κ3) is 4.62. The molecule has 0 aliphatic carbocycles. The first-order chi connectivity index (χ1) is 7.24. The minimum atomic E-state index is -0.0863. The zero-order valence-electron chi connectivity index (χ0n) is 9.88. The molecular weight excluding hydrogens is 190 g/mol. The number of carbonyl (C=O) groups is 1. The minimum Gasteiger partial charge on any atom is -0.355 e. The Hall–Kier alpha value is -0.610. The lowest BCUT2D eigenvalue weighted by Gasteiger charge is -2.15. The fraction of sp³-hybridized carbons (Fsp3) is 0.909. The van der Waals surface area contributed by atoms with E-state index in [1.807, 2.05) is 6.92 Å². The molecule has 1 saturated heterocycles. The third-order valence-electron chi connectivity index (χ3n) is 2.98. The van der Waals surface area contributed by atoms with Gasteiger partial charge in [-0.1, -0.05) is 0 Å². The normalized spacial score (nSPS) is 19.1. The molecule has 2 N–H and O–H groups in total. The molecule has 4 nitrogen and oxygen atoms in total. The number of amides is 1. The second kappa shape index (κ2) is 6.80. The van der Waals surface area contributed by atoms with Crippen LogP contribution in [0.3, 0.4) is 0 Å². The zero-order valence-corrected chi connectivity index (χ0v) is 9.88. The van der Waals surface area contributed by atoms with Gasteiger partial charge in [-0.05, 0) is 52.9 Å². The summed E-state index contributed by atoms with van der Waals surface area (Å²) in [4.78, 5) is 13.8. The van der Waals surface area contributed by atoms with Crippen LogP contribution in [0.1, 0.15) is 26.2 Å². The Morgan fingerprint density at radius 2 is 2.07 bits per heavy atom. The van der Waals surface area contributed by atoms with E-state index in [0.29, 0.717) is 0 Å². The van der Waals surface area contributed by atoms with Crippen LogP contribution in [0, 0.1) is 0 Å². The summed E-state index contributed by atoms with van der Waals surface area (Å²) in [7, 11) is 1.80. The van der Waals surface area contributed by atoms with Crippen molar-refractivity contribution in [3.63, 3.8) is 0 Å². The summed E-state index contributed by atoms with van der Waals surface area (Å²) in [5, 5.41) is 5.85. The number of likely N-dealkylation sites (tertiary alicyclic amines) is 1. The van der Waals surface area contributed by atoms with Crippen molar-refractivity contribution in [2.24, 2.45) is 0 Å². The van der Waals surface area contributed by atoms with Gasteiger partial charge < -0.3 is 15.5 Å². The Balaban J connectivity index is 1.98. The SMILES string of the molecule is CNC(C)C(=O)NCCCN1CCCC1. The average Bonchev–Trinajstić information content (AvgIpc) is 2.75. The molecule has 1 atom stereocenters. The van der Waals surface area contributed by atoms with Gasteiger partial charge in [-0.15, -0.1) is 0 Å². The van der Waals surface area contributed by atoms with Crippen molar-refractivity contribution < 1.29 is 4.79 Å². The number of rotatable bonds is 6. The van der Waals surface area contributed by atoms with Crippen LogP contribution >= 0.6 is 0 Å². The molecule has 88 valence electrons. The van der Waals surface area contributed by atoms with Gasteiger partial charge in [-0.2, -0.15) is 0 Å². The molecule has 0 bridgehead atoms. The zero-order chi connectivity index (χ0) is 11.1. The van der Waals surface area contributed by atoms with E-state index in [1.54, 1.807) is 7.05 Å². The van der Waals surface area contributed by atoms with Gasteiger partial charge in [0.05, 0.1) is 6.04 Å². The molecule has 1 unspecified atom stereocenters. The van der Waals surface area contributed by atoms with Gasteiger partial charge >= 0.3 is 0 Å².